The second kappa shape index (κ2) is 6.06. The van der Waals surface area contributed by atoms with Crippen molar-refractivity contribution < 1.29 is 0 Å². The standard InChI is InChI=1S/C12H13Cl4N3/c1-18-7-10(17-11(13)12(14,15)16)19(8-18)9-5-3-2-4-6-9/h2-6,11H,7-8H2,1H3. The van der Waals surface area contributed by atoms with Gasteiger partial charge in [0.2, 0.25) is 3.79 Å². The number of hydrogen-bond acceptors (Lipinski definition) is 2. The molecule has 0 bridgehead atoms. The van der Waals surface area contributed by atoms with Crippen LogP contribution in [-0.2, 0) is 0 Å². The molecule has 1 aromatic carbocycles. The summed E-state index contributed by atoms with van der Waals surface area (Å²) in [4.78, 5) is 8.48. The van der Waals surface area contributed by atoms with Gasteiger partial charge >= 0.3 is 0 Å². The summed E-state index contributed by atoms with van der Waals surface area (Å²) in [7, 11) is 2.00. The molecule has 0 radical (unpaired) electrons. The van der Waals surface area contributed by atoms with Crippen molar-refractivity contribution in [2.45, 2.75) is 9.29 Å². The van der Waals surface area contributed by atoms with E-state index in [0.717, 1.165) is 18.2 Å². The van der Waals surface area contributed by atoms with Crippen LogP contribution in [0.2, 0.25) is 0 Å². The number of halogens is 4. The topological polar surface area (TPSA) is 18.8 Å². The normalized spacial score (nSPS) is 21.1. The van der Waals surface area contributed by atoms with Crippen molar-refractivity contribution in [3.63, 3.8) is 0 Å². The van der Waals surface area contributed by atoms with Crippen molar-refractivity contribution in [1.29, 1.82) is 0 Å². The number of aliphatic imine (C=N–C) groups is 1. The summed E-state index contributed by atoms with van der Waals surface area (Å²) in [5.74, 6) is 0.792. The maximum absolute atomic E-state index is 6.01. The maximum atomic E-state index is 6.01. The van der Waals surface area contributed by atoms with Gasteiger partial charge in [0, 0.05) is 5.69 Å². The average Bonchev–Trinajstić information content (AvgIpc) is 2.70. The van der Waals surface area contributed by atoms with Crippen LogP contribution in [-0.4, -0.2) is 40.3 Å². The Morgan fingerprint density at radius 2 is 1.84 bits per heavy atom. The molecule has 7 heteroatoms. The smallest absolute Gasteiger partial charge is 0.226 e. The molecule has 1 aliphatic rings. The van der Waals surface area contributed by atoms with Crippen LogP contribution in [0, 0.1) is 0 Å². The molecule has 1 aromatic rings. The molecule has 19 heavy (non-hydrogen) atoms. The number of benzene rings is 1. The Hall–Kier alpha value is -0.190. The molecule has 3 nitrogen and oxygen atoms in total. The Morgan fingerprint density at radius 3 is 2.42 bits per heavy atom. The third-order valence-corrected chi connectivity index (χ3v) is 4.09. The lowest BCUT2D eigenvalue weighted by molar-refractivity contribution is 0.428. The van der Waals surface area contributed by atoms with Crippen molar-refractivity contribution in [3.05, 3.63) is 30.3 Å². The van der Waals surface area contributed by atoms with Gasteiger partial charge in [-0.1, -0.05) is 64.6 Å². The van der Waals surface area contributed by atoms with Crippen LogP contribution in [0.4, 0.5) is 5.69 Å². The van der Waals surface area contributed by atoms with Crippen molar-refractivity contribution in [3.8, 4) is 0 Å². The van der Waals surface area contributed by atoms with E-state index in [1.165, 1.54) is 0 Å². The quantitative estimate of drug-likeness (QED) is 0.603. The number of nitrogens with zero attached hydrogens (tertiary/aromatic N) is 3. The molecule has 1 fully saturated rings. The highest BCUT2D eigenvalue weighted by Crippen LogP contribution is 2.35. The van der Waals surface area contributed by atoms with Gasteiger partial charge in [-0.3, -0.25) is 4.90 Å². The third kappa shape index (κ3) is 3.89. The van der Waals surface area contributed by atoms with Gasteiger partial charge in [-0.2, -0.15) is 0 Å². The van der Waals surface area contributed by atoms with Crippen LogP contribution < -0.4 is 4.90 Å². The van der Waals surface area contributed by atoms with E-state index in [0.29, 0.717) is 6.54 Å². The first-order valence-electron chi connectivity index (χ1n) is 5.66. The number of para-hydroxylation sites is 1. The number of anilines is 1. The molecule has 1 unspecified atom stereocenters. The summed E-state index contributed by atoms with van der Waals surface area (Å²) in [6.07, 6.45) is 0. The average molecular weight is 341 g/mol. The molecule has 0 N–H and O–H groups in total. The van der Waals surface area contributed by atoms with E-state index in [2.05, 4.69) is 9.89 Å². The molecule has 0 saturated carbocycles. The van der Waals surface area contributed by atoms with Crippen LogP contribution >= 0.6 is 46.4 Å². The molecule has 1 aliphatic heterocycles. The Bertz CT molecular complexity index is 458. The highest BCUT2D eigenvalue weighted by molar-refractivity contribution is 6.70. The summed E-state index contributed by atoms with van der Waals surface area (Å²) >= 11 is 23.3. The lowest BCUT2D eigenvalue weighted by Crippen LogP contribution is -2.29. The summed E-state index contributed by atoms with van der Waals surface area (Å²) < 4.78 is -1.61. The Labute approximate surface area is 132 Å². The molecule has 1 atom stereocenters. The number of hydrogen-bond donors (Lipinski definition) is 0. The zero-order valence-electron chi connectivity index (χ0n) is 10.2. The van der Waals surface area contributed by atoms with Gasteiger partial charge < -0.3 is 4.90 Å². The van der Waals surface area contributed by atoms with E-state index < -0.39 is 9.29 Å². The van der Waals surface area contributed by atoms with Gasteiger partial charge in [-0.15, -0.1) is 0 Å². The minimum absolute atomic E-state index is 0.666. The van der Waals surface area contributed by atoms with Gasteiger partial charge in [0.15, 0.2) is 5.50 Å². The van der Waals surface area contributed by atoms with Gasteiger partial charge in [0.1, 0.15) is 5.84 Å². The first-order chi connectivity index (χ1) is 8.88. The first kappa shape index (κ1) is 15.2. The van der Waals surface area contributed by atoms with Crippen molar-refractivity contribution >= 4 is 57.9 Å². The van der Waals surface area contributed by atoms with Gasteiger partial charge in [-0.05, 0) is 19.2 Å². The van der Waals surface area contributed by atoms with Crippen molar-refractivity contribution in [1.82, 2.24) is 4.90 Å². The maximum Gasteiger partial charge on any atom is 0.226 e. The number of rotatable bonds is 2. The van der Waals surface area contributed by atoms with E-state index in [9.17, 15) is 0 Å². The second-order valence-corrected chi connectivity index (χ2v) is 7.12. The van der Waals surface area contributed by atoms with E-state index >= 15 is 0 Å². The highest BCUT2D eigenvalue weighted by Gasteiger charge is 2.33. The van der Waals surface area contributed by atoms with Gasteiger partial charge in [0.05, 0.1) is 13.2 Å². The molecule has 0 aliphatic carbocycles. The largest absolute Gasteiger partial charge is 0.316 e. The summed E-state index contributed by atoms with van der Waals surface area (Å²) in [6.45, 7) is 1.39. The SMILES string of the molecule is CN1CC(=NC(Cl)C(Cl)(Cl)Cl)N(c2ccccc2)C1. The zero-order valence-corrected chi connectivity index (χ0v) is 13.3. The monoisotopic (exact) mass is 339 g/mol. The Kier molecular flexibility index (Phi) is 4.85. The molecular formula is C12H13Cl4N3. The highest BCUT2D eigenvalue weighted by atomic mass is 35.6. The van der Waals surface area contributed by atoms with Crippen molar-refractivity contribution in [2.24, 2.45) is 4.99 Å². The first-order valence-corrected chi connectivity index (χ1v) is 7.23. The summed E-state index contributed by atoms with van der Waals surface area (Å²) in [5.41, 5.74) is 0.129. The second-order valence-electron chi connectivity index (χ2n) is 4.34. The minimum Gasteiger partial charge on any atom is -0.316 e. The molecule has 0 amide bonds. The molecule has 0 aromatic heterocycles. The molecule has 1 saturated heterocycles. The predicted octanol–water partition coefficient (Wildman–Crippen LogP) is 3.73. The number of alkyl halides is 4. The Balaban J connectivity index is 2.26. The summed E-state index contributed by atoms with van der Waals surface area (Å²) in [6, 6.07) is 9.92. The van der Waals surface area contributed by atoms with Crippen LogP contribution in [0.1, 0.15) is 0 Å². The van der Waals surface area contributed by atoms with Gasteiger partial charge in [-0.25, -0.2) is 4.99 Å². The number of likely N-dealkylation sites (N-methyl/N-ethyl adjacent to an activating group) is 1. The lowest BCUT2D eigenvalue weighted by Gasteiger charge is -2.21. The fourth-order valence-corrected chi connectivity index (χ4v) is 2.11. The van der Waals surface area contributed by atoms with Crippen molar-refractivity contribution in [2.75, 3.05) is 25.2 Å². The van der Waals surface area contributed by atoms with Crippen LogP contribution in [0.3, 0.4) is 0 Å². The fraction of sp³-hybridized carbons (Fsp3) is 0.417. The lowest BCUT2D eigenvalue weighted by atomic mass is 10.3. The van der Waals surface area contributed by atoms with E-state index in [1.807, 2.05) is 42.3 Å². The zero-order chi connectivity index (χ0) is 14.0. The van der Waals surface area contributed by atoms with Crippen LogP contribution in [0.25, 0.3) is 0 Å². The predicted molar refractivity (Wildman–Crippen MR) is 83.8 cm³/mol. The Morgan fingerprint density at radius 1 is 1.21 bits per heavy atom. The number of amidine groups is 1. The van der Waals surface area contributed by atoms with E-state index in [1.54, 1.807) is 0 Å². The minimum atomic E-state index is -1.61. The van der Waals surface area contributed by atoms with E-state index in [4.69, 9.17) is 46.4 Å². The fourth-order valence-electron chi connectivity index (χ4n) is 1.85. The summed E-state index contributed by atoms with van der Waals surface area (Å²) in [5, 5.41) is 0. The molecule has 1 heterocycles. The third-order valence-electron chi connectivity index (χ3n) is 2.71. The molecule has 0 spiro atoms. The molecular weight excluding hydrogens is 328 g/mol. The van der Waals surface area contributed by atoms with Gasteiger partial charge in [0.25, 0.3) is 0 Å². The molecule has 2 rings (SSSR count). The van der Waals surface area contributed by atoms with Crippen LogP contribution in [0.15, 0.2) is 35.3 Å². The van der Waals surface area contributed by atoms with Crippen LogP contribution in [0.5, 0.6) is 0 Å². The molecule has 104 valence electrons. The van der Waals surface area contributed by atoms with E-state index in [-0.39, 0.29) is 0 Å².